The number of aliphatic hydroxyl groups is 1. The van der Waals surface area contributed by atoms with Gasteiger partial charge in [0.25, 0.3) is 0 Å². The van der Waals surface area contributed by atoms with Crippen LogP contribution in [0.5, 0.6) is 5.75 Å². The summed E-state index contributed by atoms with van der Waals surface area (Å²) < 4.78 is 7.58. The van der Waals surface area contributed by atoms with Crippen LogP contribution < -0.4 is 4.74 Å². The number of rotatable bonds is 5. The van der Waals surface area contributed by atoms with Crippen LogP contribution in [0.4, 0.5) is 0 Å². The molecule has 0 spiro atoms. The third-order valence-electron chi connectivity index (χ3n) is 4.20. The summed E-state index contributed by atoms with van der Waals surface area (Å²) in [6.07, 6.45) is 0.555. The zero-order chi connectivity index (χ0) is 19.0. The summed E-state index contributed by atoms with van der Waals surface area (Å²) in [7, 11) is 0. The third-order valence-corrected chi connectivity index (χ3v) is 4.77. The highest BCUT2D eigenvalue weighted by molar-refractivity contribution is 6.33. The Kier molecular flexibility index (Phi) is 4.86. The minimum Gasteiger partial charge on any atom is -0.493 e. The molecule has 4 rings (SSSR count). The van der Waals surface area contributed by atoms with Crippen molar-refractivity contribution in [2.24, 2.45) is 0 Å². The summed E-state index contributed by atoms with van der Waals surface area (Å²) in [6.45, 7) is 2.38. The van der Waals surface area contributed by atoms with Crippen molar-refractivity contribution >= 4 is 39.9 Å². The molecule has 0 aliphatic carbocycles. The Labute approximate surface area is 165 Å². The largest absolute Gasteiger partial charge is 0.493 e. The van der Waals surface area contributed by atoms with E-state index < -0.39 is 0 Å². The van der Waals surface area contributed by atoms with Crippen molar-refractivity contribution in [1.29, 1.82) is 0 Å². The second-order valence-electron chi connectivity index (χ2n) is 6.08. The lowest BCUT2D eigenvalue weighted by Crippen LogP contribution is -2.01. The molecular formula is C19H16Cl2N4O2. The van der Waals surface area contributed by atoms with Crippen molar-refractivity contribution in [3.63, 3.8) is 0 Å². The van der Waals surface area contributed by atoms with Crippen LogP contribution in [0.25, 0.3) is 28.1 Å². The van der Waals surface area contributed by atoms with Gasteiger partial charge in [-0.3, -0.25) is 4.40 Å². The Bertz CT molecular complexity index is 1140. The number of aromatic nitrogens is 4. The molecule has 0 atom stereocenters. The van der Waals surface area contributed by atoms with E-state index >= 15 is 0 Å². The fraction of sp³-hybridized carbons (Fsp3) is 0.211. The summed E-state index contributed by atoms with van der Waals surface area (Å²) in [5, 5.41) is 18.7. The smallest absolute Gasteiger partial charge is 0.183 e. The van der Waals surface area contributed by atoms with Gasteiger partial charge >= 0.3 is 0 Å². The van der Waals surface area contributed by atoms with Crippen LogP contribution in [0, 0.1) is 6.92 Å². The number of benzene rings is 2. The number of hydrogen-bond donors (Lipinski definition) is 1. The van der Waals surface area contributed by atoms with Crippen LogP contribution in [0.3, 0.4) is 0 Å². The van der Waals surface area contributed by atoms with Gasteiger partial charge in [0.1, 0.15) is 5.75 Å². The van der Waals surface area contributed by atoms with Gasteiger partial charge in [0.2, 0.25) is 0 Å². The standard InChI is InChI=1S/C19H16Cl2N4O2/c1-11-18-23-24-19(25(18)17-9-12(20)3-6-16(17)22-11)14-10-13(4-5-15(14)21)27-8-2-7-26/h3-6,9-10,26H,2,7-8H2,1H3. The first-order valence-electron chi connectivity index (χ1n) is 8.43. The zero-order valence-electron chi connectivity index (χ0n) is 14.5. The molecule has 8 heteroatoms. The molecule has 6 nitrogen and oxygen atoms in total. The van der Waals surface area contributed by atoms with Gasteiger partial charge in [-0.15, -0.1) is 10.2 Å². The number of aliphatic hydroxyl groups excluding tert-OH is 1. The SMILES string of the molecule is Cc1nc2ccc(Cl)cc2n2c(-c3cc(OCCCO)ccc3Cl)nnc12. The molecule has 1 N–H and O–H groups in total. The molecule has 0 fully saturated rings. The maximum Gasteiger partial charge on any atom is 0.183 e. The first-order chi connectivity index (χ1) is 13.1. The highest BCUT2D eigenvalue weighted by Crippen LogP contribution is 2.33. The van der Waals surface area contributed by atoms with Crippen LogP contribution in [0.15, 0.2) is 36.4 Å². The van der Waals surface area contributed by atoms with Crippen molar-refractivity contribution in [3.8, 4) is 17.1 Å². The third kappa shape index (κ3) is 3.32. The lowest BCUT2D eigenvalue weighted by molar-refractivity contribution is 0.233. The van der Waals surface area contributed by atoms with Gasteiger partial charge in [-0.05, 0) is 43.3 Å². The van der Waals surface area contributed by atoms with Gasteiger partial charge in [-0.25, -0.2) is 4.98 Å². The molecule has 0 bridgehead atoms. The normalized spacial score (nSPS) is 11.4. The molecule has 0 aliphatic rings. The summed E-state index contributed by atoms with van der Waals surface area (Å²) >= 11 is 12.7. The van der Waals surface area contributed by atoms with Crippen LogP contribution in [-0.2, 0) is 0 Å². The number of aryl methyl sites for hydroxylation is 1. The highest BCUT2D eigenvalue weighted by atomic mass is 35.5. The summed E-state index contributed by atoms with van der Waals surface area (Å²) in [5.41, 5.74) is 3.68. The molecule has 0 saturated carbocycles. The topological polar surface area (TPSA) is 72.5 Å². The average molecular weight is 403 g/mol. The van der Waals surface area contributed by atoms with Crippen molar-refractivity contribution in [1.82, 2.24) is 19.6 Å². The number of fused-ring (bicyclic) bond motifs is 3. The maximum atomic E-state index is 8.92. The van der Waals surface area contributed by atoms with E-state index in [0.29, 0.717) is 45.9 Å². The second-order valence-corrected chi connectivity index (χ2v) is 6.92. The maximum absolute atomic E-state index is 8.92. The molecular weight excluding hydrogens is 387 g/mol. The highest BCUT2D eigenvalue weighted by Gasteiger charge is 2.17. The van der Waals surface area contributed by atoms with Crippen LogP contribution in [0.1, 0.15) is 12.1 Å². The zero-order valence-corrected chi connectivity index (χ0v) is 16.0. The Morgan fingerprint density at radius 2 is 1.96 bits per heavy atom. The van der Waals surface area contributed by atoms with E-state index in [-0.39, 0.29) is 6.61 Å². The molecule has 0 amide bonds. The first kappa shape index (κ1) is 18.0. The summed E-state index contributed by atoms with van der Waals surface area (Å²) in [5.74, 6) is 1.23. The molecule has 4 aromatic rings. The van der Waals surface area contributed by atoms with Gasteiger partial charge in [0.15, 0.2) is 11.5 Å². The predicted molar refractivity (Wildman–Crippen MR) is 106 cm³/mol. The van der Waals surface area contributed by atoms with Gasteiger partial charge in [-0.2, -0.15) is 0 Å². The Balaban J connectivity index is 1.93. The van der Waals surface area contributed by atoms with E-state index in [1.807, 2.05) is 29.5 Å². The Hall–Kier alpha value is -2.41. The van der Waals surface area contributed by atoms with Gasteiger partial charge in [0, 0.05) is 23.6 Å². The Morgan fingerprint density at radius 1 is 1.11 bits per heavy atom. The molecule has 27 heavy (non-hydrogen) atoms. The van der Waals surface area contributed by atoms with E-state index in [0.717, 1.165) is 16.7 Å². The second kappa shape index (κ2) is 7.31. The molecule has 0 radical (unpaired) electrons. The number of ether oxygens (including phenoxy) is 1. The fourth-order valence-electron chi connectivity index (χ4n) is 2.94. The molecule has 0 aliphatic heterocycles. The van der Waals surface area contributed by atoms with E-state index in [4.69, 9.17) is 33.0 Å². The number of hydrogen-bond acceptors (Lipinski definition) is 5. The molecule has 2 aromatic heterocycles. The van der Waals surface area contributed by atoms with E-state index in [1.165, 1.54) is 0 Å². The van der Waals surface area contributed by atoms with Crippen molar-refractivity contribution in [2.45, 2.75) is 13.3 Å². The minimum absolute atomic E-state index is 0.0777. The molecule has 138 valence electrons. The average Bonchev–Trinajstić information content (AvgIpc) is 3.10. The lowest BCUT2D eigenvalue weighted by Gasteiger charge is -2.10. The van der Waals surface area contributed by atoms with E-state index in [2.05, 4.69) is 15.2 Å². The molecule has 0 unspecified atom stereocenters. The molecule has 2 heterocycles. The summed E-state index contributed by atoms with van der Waals surface area (Å²) in [4.78, 5) is 4.58. The van der Waals surface area contributed by atoms with Crippen LogP contribution in [-0.4, -0.2) is 37.9 Å². The Morgan fingerprint density at radius 3 is 2.78 bits per heavy atom. The number of nitrogens with zero attached hydrogens (tertiary/aromatic N) is 4. The van der Waals surface area contributed by atoms with Crippen LogP contribution >= 0.6 is 23.2 Å². The van der Waals surface area contributed by atoms with E-state index in [9.17, 15) is 0 Å². The first-order valence-corrected chi connectivity index (χ1v) is 9.18. The van der Waals surface area contributed by atoms with Gasteiger partial charge in [-0.1, -0.05) is 23.2 Å². The monoisotopic (exact) mass is 402 g/mol. The van der Waals surface area contributed by atoms with E-state index in [1.54, 1.807) is 18.2 Å². The number of halogens is 2. The van der Waals surface area contributed by atoms with Gasteiger partial charge < -0.3 is 9.84 Å². The predicted octanol–water partition coefficient (Wildman–Crippen LogP) is 4.32. The quantitative estimate of drug-likeness (QED) is 0.503. The fourth-order valence-corrected chi connectivity index (χ4v) is 3.31. The summed E-state index contributed by atoms with van der Waals surface area (Å²) in [6, 6.07) is 10.9. The minimum atomic E-state index is 0.0777. The molecule has 2 aromatic carbocycles. The van der Waals surface area contributed by atoms with Crippen molar-refractivity contribution in [2.75, 3.05) is 13.2 Å². The van der Waals surface area contributed by atoms with Gasteiger partial charge in [0.05, 0.1) is 28.4 Å². The van der Waals surface area contributed by atoms with Crippen molar-refractivity contribution in [3.05, 3.63) is 52.1 Å². The van der Waals surface area contributed by atoms with Crippen LogP contribution in [0.2, 0.25) is 10.0 Å². The van der Waals surface area contributed by atoms with Crippen molar-refractivity contribution < 1.29 is 9.84 Å². The lowest BCUT2D eigenvalue weighted by atomic mass is 10.2. The molecule has 0 saturated heterocycles.